The average molecular weight is 425 g/mol. The van der Waals surface area contributed by atoms with Gasteiger partial charge in [0.25, 0.3) is 5.91 Å². The molecule has 1 aliphatic rings. The summed E-state index contributed by atoms with van der Waals surface area (Å²) in [6, 6.07) is 19.1. The van der Waals surface area contributed by atoms with Gasteiger partial charge in [0, 0.05) is 36.2 Å². The van der Waals surface area contributed by atoms with Gasteiger partial charge < -0.3 is 10.1 Å². The Morgan fingerprint density at radius 3 is 2.75 bits per heavy atom. The summed E-state index contributed by atoms with van der Waals surface area (Å²) >= 11 is 0. The molecule has 2 atom stereocenters. The predicted octanol–water partition coefficient (Wildman–Crippen LogP) is 4.18. The van der Waals surface area contributed by atoms with Crippen LogP contribution in [0.1, 0.15) is 35.0 Å². The Kier molecular flexibility index (Phi) is 5.72. The quantitative estimate of drug-likeness (QED) is 0.500. The lowest BCUT2D eigenvalue weighted by Crippen LogP contribution is -2.40. The van der Waals surface area contributed by atoms with Gasteiger partial charge in [0.05, 0.1) is 23.3 Å². The Labute approximate surface area is 185 Å². The van der Waals surface area contributed by atoms with E-state index in [-0.39, 0.29) is 18.1 Å². The molecule has 4 heterocycles. The van der Waals surface area contributed by atoms with Gasteiger partial charge in [-0.25, -0.2) is 0 Å². The van der Waals surface area contributed by atoms with Crippen molar-refractivity contribution < 1.29 is 9.53 Å². The summed E-state index contributed by atoms with van der Waals surface area (Å²) in [6.45, 7) is 0.571. The Morgan fingerprint density at radius 2 is 1.91 bits per heavy atom. The fourth-order valence-corrected chi connectivity index (χ4v) is 4.00. The number of pyridine rings is 2. The van der Waals surface area contributed by atoms with Crippen molar-refractivity contribution in [2.24, 2.45) is 0 Å². The Bertz CT molecular complexity index is 1190. The number of aromatic nitrogens is 4. The van der Waals surface area contributed by atoms with Crippen molar-refractivity contribution in [3.63, 3.8) is 0 Å². The molecule has 1 aromatic carbocycles. The van der Waals surface area contributed by atoms with Crippen LogP contribution in [0.3, 0.4) is 0 Å². The van der Waals surface area contributed by atoms with Gasteiger partial charge in [-0.05, 0) is 54.8 Å². The van der Waals surface area contributed by atoms with Gasteiger partial charge in [-0.15, -0.1) is 0 Å². The van der Waals surface area contributed by atoms with Crippen molar-refractivity contribution in [3.8, 4) is 22.5 Å². The third-order valence-electron chi connectivity index (χ3n) is 5.64. The maximum Gasteiger partial charge on any atom is 0.251 e. The van der Waals surface area contributed by atoms with Crippen LogP contribution in [-0.2, 0) is 4.74 Å². The second kappa shape index (κ2) is 9.11. The van der Waals surface area contributed by atoms with Crippen LogP contribution in [0, 0.1) is 0 Å². The normalized spacial score (nSPS) is 18.2. The molecule has 1 aliphatic heterocycles. The first-order valence-electron chi connectivity index (χ1n) is 10.7. The van der Waals surface area contributed by atoms with E-state index in [2.05, 4.69) is 25.5 Å². The van der Waals surface area contributed by atoms with Crippen molar-refractivity contribution in [2.75, 3.05) is 6.61 Å². The zero-order chi connectivity index (χ0) is 21.8. The lowest BCUT2D eigenvalue weighted by molar-refractivity contribution is -0.00149. The summed E-state index contributed by atoms with van der Waals surface area (Å²) in [7, 11) is 0. The highest BCUT2D eigenvalue weighted by molar-refractivity contribution is 5.94. The van der Waals surface area contributed by atoms with Gasteiger partial charge in [-0.3, -0.25) is 19.9 Å². The van der Waals surface area contributed by atoms with Crippen LogP contribution < -0.4 is 5.32 Å². The number of amides is 1. The van der Waals surface area contributed by atoms with E-state index in [4.69, 9.17) is 4.74 Å². The Balaban J connectivity index is 1.34. The monoisotopic (exact) mass is 425 g/mol. The zero-order valence-electron chi connectivity index (χ0n) is 17.4. The number of H-pyrrole nitrogens is 1. The van der Waals surface area contributed by atoms with Crippen molar-refractivity contribution in [3.05, 3.63) is 90.5 Å². The van der Waals surface area contributed by atoms with Crippen molar-refractivity contribution in [1.82, 2.24) is 25.5 Å². The highest BCUT2D eigenvalue weighted by atomic mass is 16.5. The SMILES string of the molecule is O=C(NC1CCOC(c2cc(-c3cn[nH]c3-c3ccccn3)ccn2)C1)c1ccccc1. The van der Waals surface area contributed by atoms with Crippen molar-refractivity contribution in [1.29, 1.82) is 0 Å². The lowest BCUT2D eigenvalue weighted by atomic mass is 9.98. The molecule has 5 rings (SSSR count). The summed E-state index contributed by atoms with van der Waals surface area (Å²) < 4.78 is 6.02. The van der Waals surface area contributed by atoms with E-state index in [0.29, 0.717) is 18.6 Å². The fourth-order valence-electron chi connectivity index (χ4n) is 4.00. The second-order valence-corrected chi connectivity index (χ2v) is 7.76. The summed E-state index contributed by atoms with van der Waals surface area (Å²) in [5, 5.41) is 10.4. The topological polar surface area (TPSA) is 92.8 Å². The van der Waals surface area contributed by atoms with Crippen molar-refractivity contribution >= 4 is 5.91 Å². The fraction of sp³-hybridized carbons (Fsp3) is 0.200. The number of nitrogens with one attached hydrogen (secondary N) is 2. The largest absolute Gasteiger partial charge is 0.372 e. The third-order valence-corrected chi connectivity index (χ3v) is 5.64. The van der Waals surface area contributed by atoms with E-state index >= 15 is 0 Å². The standard InChI is InChI=1S/C25H23N5O2/c31-25(17-6-2-1-3-7-17)29-19-10-13-32-23(15-19)22-14-18(9-12-27-22)20-16-28-30-24(20)21-8-4-5-11-26-21/h1-9,11-12,14,16,19,23H,10,13,15H2,(H,28,30)(H,29,31). The minimum absolute atomic E-state index is 0.0323. The molecule has 160 valence electrons. The first-order valence-corrected chi connectivity index (χ1v) is 10.7. The summed E-state index contributed by atoms with van der Waals surface area (Å²) in [4.78, 5) is 21.5. The average Bonchev–Trinajstić information content (AvgIpc) is 3.36. The Morgan fingerprint density at radius 1 is 1.03 bits per heavy atom. The molecule has 3 aromatic heterocycles. The summed E-state index contributed by atoms with van der Waals surface area (Å²) in [5.74, 6) is -0.0589. The van der Waals surface area contributed by atoms with E-state index in [1.165, 1.54) is 0 Å². The zero-order valence-corrected chi connectivity index (χ0v) is 17.4. The van der Waals surface area contributed by atoms with E-state index in [9.17, 15) is 4.79 Å². The summed E-state index contributed by atoms with van der Waals surface area (Å²) in [5.41, 5.74) is 5.14. The molecule has 1 saturated heterocycles. The van der Waals surface area contributed by atoms with Crippen LogP contribution in [0.2, 0.25) is 0 Å². The number of ether oxygens (including phenoxy) is 1. The second-order valence-electron chi connectivity index (χ2n) is 7.76. The van der Waals surface area contributed by atoms with E-state index < -0.39 is 0 Å². The van der Waals surface area contributed by atoms with E-state index in [1.807, 2.05) is 60.7 Å². The van der Waals surface area contributed by atoms with Crippen molar-refractivity contribution in [2.45, 2.75) is 25.0 Å². The molecular formula is C25H23N5O2. The minimum Gasteiger partial charge on any atom is -0.372 e. The van der Waals surface area contributed by atoms with Crippen LogP contribution in [-0.4, -0.2) is 38.7 Å². The maximum absolute atomic E-state index is 12.6. The number of rotatable bonds is 5. The molecule has 4 aromatic rings. The van der Waals surface area contributed by atoms with Crippen LogP contribution in [0.5, 0.6) is 0 Å². The van der Waals surface area contributed by atoms with Gasteiger partial charge in [0.15, 0.2) is 0 Å². The number of carbonyl (C=O) groups excluding carboxylic acids is 1. The predicted molar refractivity (Wildman–Crippen MR) is 121 cm³/mol. The smallest absolute Gasteiger partial charge is 0.251 e. The number of hydrogen-bond acceptors (Lipinski definition) is 5. The first kappa shape index (κ1) is 20.1. The van der Waals surface area contributed by atoms with E-state index in [0.717, 1.165) is 34.6 Å². The molecule has 7 heteroatoms. The molecule has 0 bridgehead atoms. The number of aromatic amines is 1. The highest BCUT2D eigenvalue weighted by Crippen LogP contribution is 2.32. The lowest BCUT2D eigenvalue weighted by Gasteiger charge is -2.30. The number of nitrogens with zero attached hydrogens (tertiary/aromatic N) is 3. The molecule has 0 spiro atoms. The van der Waals surface area contributed by atoms with Gasteiger partial charge in [0.2, 0.25) is 0 Å². The first-order chi connectivity index (χ1) is 15.8. The van der Waals surface area contributed by atoms with E-state index in [1.54, 1.807) is 18.6 Å². The maximum atomic E-state index is 12.6. The number of carbonyl (C=O) groups is 1. The molecule has 32 heavy (non-hydrogen) atoms. The van der Waals surface area contributed by atoms with Gasteiger partial charge in [-0.2, -0.15) is 5.10 Å². The molecule has 1 amide bonds. The minimum atomic E-state index is -0.185. The van der Waals surface area contributed by atoms with Crippen LogP contribution >= 0.6 is 0 Å². The van der Waals surface area contributed by atoms with Crippen LogP contribution in [0.25, 0.3) is 22.5 Å². The van der Waals surface area contributed by atoms with Crippen LogP contribution in [0.4, 0.5) is 0 Å². The Hall–Kier alpha value is -3.84. The number of benzene rings is 1. The molecular weight excluding hydrogens is 402 g/mol. The number of hydrogen-bond donors (Lipinski definition) is 2. The van der Waals surface area contributed by atoms with Gasteiger partial charge in [0.1, 0.15) is 6.10 Å². The molecule has 0 radical (unpaired) electrons. The van der Waals surface area contributed by atoms with Gasteiger partial charge in [-0.1, -0.05) is 24.3 Å². The van der Waals surface area contributed by atoms with Gasteiger partial charge >= 0.3 is 0 Å². The molecule has 0 aliphatic carbocycles. The third kappa shape index (κ3) is 4.29. The molecule has 7 nitrogen and oxygen atoms in total. The molecule has 0 saturated carbocycles. The van der Waals surface area contributed by atoms with Crippen LogP contribution in [0.15, 0.2) is 79.3 Å². The highest BCUT2D eigenvalue weighted by Gasteiger charge is 2.27. The molecule has 1 fully saturated rings. The summed E-state index contributed by atoms with van der Waals surface area (Å²) in [6.07, 6.45) is 6.62. The molecule has 2 unspecified atom stereocenters. The molecule has 2 N–H and O–H groups in total.